The summed E-state index contributed by atoms with van der Waals surface area (Å²) < 4.78 is 16.7. The summed E-state index contributed by atoms with van der Waals surface area (Å²) in [5.41, 5.74) is 0. The van der Waals surface area contributed by atoms with E-state index in [9.17, 15) is 14.4 Å². The first-order valence-electron chi connectivity index (χ1n) is 26.5. The highest BCUT2D eigenvalue weighted by Crippen LogP contribution is 2.15. The fourth-order valence-electron chi connectivity index (χ4n) is 7.61. The summed E-state index contributed by atoms with van der Waals surface area (Å²) in [5, 5.41) is 0. The summed E-state index contributed by atoms with van der Waals surface area (Å²) in [5.74, 6) is -0.957. The topological polar surface area (TPSA) is 78.9 Å². The first kappa shape index (κ1) is 58.6. The minimum absolute atomic E-state index is 0.0905. The third kappa shape index (κ3) is 48.5. The fraction of sp³-hybridized carbons (Fsp3) is 0.836. The number of rotatable bonds is 48. The zero-order chi connectivity index (χ0) is 44.4. The molecule has 0 aromatic heterocycles. The maximum atomic E-state index is 12.8. The van der Waals surface area contributed by atoms with E-state index < -0.39 is 6.10 Å². The van der Waals surface area contributed by atoms with Crippen LogP contribution in [0.4, 0.5) is 0 Å². The van der Waals surface area contributed by atoms with E-state index in [2.05, 4.69) is 51.2 Å². The predicted octanol–water partition coefficient (Wildman–Crippen LogP) is 17.3. The monoisotopic (exact) mass is 857 g/mol. The van der Waals surface area contributed by atoms with Gasteiger partial charge in [-0.25, -0.2) is 0 Å². The second-order valence-corrected chi connectivity index (χ2v) is 17.8. The third-order valence-electron chi connectivity index (χ3n) is 11.6. The highest BCUT2D eigenvalue weighted by molar-refractivity contribution is 5.71. The molecule has 6 nitrogen and oxygen atoms in total. The zero-order valence-electron chi connectivity index (χ0n) is 40.7. The van der Waals surface area contributed by atoms with E-state index in [-0.39, 0.29) is 37.5 Å². The van der Waals surface area contributed by atoms with Gasteiger partial charge in [-0.05, 0) is 64.2 Å². The molecule has 0 heterocycles. The molecule has 61 heavy (non-hydrogen) atoms. The number of hydrogen-bond donors (Lipinski definition) is 0. The van der Waals surface area contributed by atoms with E-state index in [4.69, 9.17) is 14.2 Å². The first-order chi connectivity index (χ1) is 30.0. The Kier molecular flexibility index (Phi) is 48.3. The Morgan fingerprint density at radius 2 is 0.623 bits per heavy atom. The molecular weight excluding hydrogens is 757 g/mol. The van der Waals surface area contributed by atoms with Gasteiger partial charge in [0.05, 0.1) is 0 Å². The minimum Gasteiger partial charge on any atom is -0.462 e. The summed E-state index contributed by atoms with van der Waals surface area (Å²) in [4.78, 5) is 37.9. The lowest BCUT2D eigenvalue weighted by Gasteiger charge is -2.18. The lowest BCUT2D eigenvalue weighted by molar-refractivity contribution is -0.166. The summed E-state index contributed by atoms with van der Waals surface area (Å²) in [6.07, 6.45) is 58.5. The van der Waals surface area contributed by atoms with Crippen molar-refractivity contribution >= 4 is 17.9 Å². The average Bonchev–Trinajstić information content (AvgIpc) is 3.26. The molecule has 0 spiro atoms. The van der Waals surface area contributed by atoms with Crippen LogP contribution in [0.3, 0.4) is 0 Å². The largest absolute Gasteiger partial charge is 0.462 e. The number of ether oxygens (including phenoxy) is 3. The zero-order valence-corrected chi connectivity index (χ0v) is 40.7. The van der Waals surface area contributed by atoms with Crippen molar-refractivity contribution in [1.29, 1.82) is 0 Å². The van der Waals surface area contributed by atoms with Crippen LogP contribution < -0.4 is 0 Å². The Morgan fingerprint density at radius 1 is 0.328 bits per heavy atom. The quantitative estimate of drug-likeness (QED) is 0.0262. The van der Waals surface area contributed by atoms with Gasteiger partial charge in [0.2, 0.25) is 0 Å². The Labute approximate surface area is 378 Å². The van der Waals surface area contributed by atoms with Crippen molar-refractivity contribution in [2.24, 2.45) is 0 Å². The smallest absolute Gasteiger partial charge is 0.306 e. The predicted molar refractivity (Wildman–Crippen MR) is 261 cm³/mol. The third-order valence-corrected chi connectivity index (χ3v) is 11.6. The maximum Gasteiger partial charge on any atom is 0.306 e. The van der Waals surface area contributed by atoms with Crippen LogP contribution >= 0.6 is 0 Å². The van der Waals surface area contributed by atoms with E-state index in [1.807, 2.05) is 6.08 Å². The van der Waals surface area contributed by atoms with Crippen LogP contribution in [0.15, 0.2) is 36.5 Å². The van der Waals surface area contributed by atoms with Crippen molar-refractivity contribution in [3.05, 3.63) is 36.5 Å². The van der Waals surface area contributed by atoms with E-state index in [0.717, 1.165) is 57.8 Å². The maximum absolute atomic E-state index is 12.8. The SMILES string of the molecule is CCCCCCCC/C=C\C/C=C\CCC(=O)OCC(COC(=O)CCCCCCC/C=C\CCCCCCCCC)OC(=O)CCCCCCCCCCCCCCCC. The molecule has 0 bridgehead atoms. The molecule has 0 rings (SSSR count). The molecule has 0 aromatic carbocycles. The Hall–Kier alpha value is -2.37. The molecule has 0 saturated heterocycles. The van der Waals surface area contributed by atoms with Crippen molar-refractivity contribution in [2.75, 3.05) is 13.2 Å². The molecule has 0 fully saturated rings. The molecule has 0 saturated carbocycles. The number of allylic oxidation sites excluding steroid dienone is 6. The molecule has 0 aliphatic carbocycles. The summed E-state index contributed by atoms with van der Waals surface area (Å²) >= 11 is 0. The number of carbonyl (C=O) groups excluding carboxylic acids is 3. The average molecular weight is 857 g/mol. The second kappa shape index (κ2) is 50.3. The van der Waals surface area contributed by atoms with Crippen molar-refractivity contribution in [3.63, 3.8) is 0 Å². The minimum atomic E-state index is -0.793. The van der Waals surface area contributed by atoms with Gasteiger partial charge in [0.25, 0.3) is 0 Å². The summed E-state index contributed by atoms with van der Waals surface area (Å²) in [7, 11) is 0. The van der Waals surface area contributed by atoms with Crippen molar-refractivity contribution in [3.8, 4) is 0 Å². The second-order valence-electron chi connectivity index (χ2n) is 17.8. The van der Waals surface area contributed by atoms with Crippen molar-refractivity contribution in [1.82, 2.24) is 0 Å². The van der Waals surface area contributed by atoms with Crippen molar-refractivity contribution < 1.29 is 28.6 Å². The number of unbranched alkanes of at least 4 members (excludes halogenated alkanes) is 31. The number of esters is 3. The highest BCUT2D eigenvalue weighted by atomic mass is 16.6. The molecule has 0 N–H and O–H groups in total. The molecule has 0 aromatic rings. The van der Waals surface area contributed by atoms with E-state index in [1.54, 1.807) is 0 Å². The van der Waals surface area contributed by atoms with Crippen LogP contribution in [0.5, 0.6) is 0 Å². The summed E-state index contributed by atoms with van der Waals surface area (Å²) in [6, 6.07) is 0. The van der Waals surface area contributed by atoms with Crippen LogP contribution in [0, 0.1) is 0 Å². The molecular formula is C55H100O6. The van der Waals surface area contributed by atoms with Gasteiger partial charge in [-0.1, -0.05) is 231 Å². The van der Waals surface area contributed by atoms with Gasteiger partial charge in [0.15, 0.2) is 6.10 Å². The summed E-state index contributed by atoms with van der Waals surface area (Å²) in [6.45, 7) is 6.59. The van der Waals surface area contributed by atoms with Crippen LogP contribution in [-0.4, -0.2) is 37.2 Å². The van der Waals surface area contributed by atoms with Gasteiger partial charge in [0, 0.05) is 19.3 Å². The lowest BCUT2D eigenvalue weighted by Crippen LogP contribution is -2.30. The molecule has 1 atom stereocenters. The number of carbonyl (C=O) groups is 3. The van der Waals surface area contributed by atoms with Gasteiger partial charge >= 0.3 is 17.9 Å². The van der Waals surface area contributed by atoms with E-state index >= 15 is 0 Å². The Morgan fingerprint density at radius 3 is 1.02 bits per heavy atom. The fourth-order valence-corrected chi connectivity index (χ4v) is 7.61. The molecule has 356 valence electrons. The van der Waals surface area contributed by atoms with Gasteiger partial charge in [-0.15, -0.1) is 0 Å². The highest BCUT2D eigenvalue weighted by Gasteiger charge is 2.19. The normalized spacial score (nSPS) is 12.2. The van der Waals surface area contributed by atoms with Gasteiger partial charge in [-0.2, -0.15) is 0 Å². The first-order valence-corrected chi connectivity index (χ1v) is 26.5. The van der Waals surface area contributed by atoms with E-state index in [1.165, 1.54) is 173 Å². The van der Waals surface area contributed by atoms with Crippen LogP contribution in [-0.2, 0) is 28.6 Å². The van der Waals surface area contributed by atoms with Crippen molar-refractivity contribution in [2.45, 2.75) is 284 Å². The lowest BCUT2D eigenvalue weighted by atomic mass is 10.0. The van der Waals surface area contributed by atoms with E-state index in [0.29, 0.717) is 19.3 Å². The number of hydrogen-bond acceptors (Lipinski definition) is 6. The molecule has 0 radical (unpaired) electrons. The Balaban J connectivity index is 4.41. The van der Waals surface area contributed by atoms with Crippen LogP contribution in [0.2, 0.25) is 0 Å². The Bertz CT molecular complexity index is 1030. The molecule has 0 amide bonds. The molecule has 6 heteroatoms. The molecule has 1 unspecified atom stereocenters. The molecule has 0 aliphatic heterocycles. The van der Waals surface area contributed by atoms with Crippen LogP contribution in [0.1, 0.15) is 278 Å². The van der Waals surface area contributed by atoms with Gasteiger partial charge < -0.3 is 14.2 Å². The standard InChI is InChI=1S/C55H100O6/c1-4-7-10-13-16-19-22-25-27-28-31-33-36-39-42-45-48-54(57)60-51-52(50-59-53(56)47-44-41-38-35-32-29-24-21-18-15-12-9-6-3)61-55(58)49-46-43-40-37-34-30-26-23-20-17-14-11-8-5-2/h27-29,32,38,41,52H,4-26,30-31,33-37,39-40,42-51H2,1-3H3/b28-27-,32-29-,41-38-. The van der Waals surface area contributed by atoms with Gasteiger partial charge in [0.1, 0.15) is 13.2 Å². The van der Waals surface area contributed by atoms with Crippen LogP contribution in [0.25, 0.3) is 0 Å². The van der Waals surface area contributed by atoms with Gasteiger partial charge in [-0.3, -0.25) is 14.4 Å². The molecule has 0 aliphatic rings.